The van der Waals surface area contributed by atoms with Crippen LogP contribution in [0.5, 0.6) is 0 Å². The summed E-state index contributed by atoms with van der Waals surface area (Å²) >= 11 is 8.98. The van der Waals surface area contributed by atoms with Crippen molar-refractivity contribution in [2.24, 2.45) is 31.9 Å². The van der Waals surface area contributed by atoms with Gasteiger partial charge in [-0.15, -0.1) is 0 Å². The predicted molar refractivity (Wildman–Crippen MR) is 102 cm³/mol. The van der Waals surface area contributed by atoms with E-state index in [9.17, 15) is 0 Å². The van der Waals surface area contributed by atoms with E-state index in [4.69, 9.17) is 11.5 Å². The summed E-state index contributed by atoms with van der Waals surface area (Å²) in [6.07, 6.45) is 6.31. The molecule has 132 valence electrons. The number of hydrogen-bond donors (Lipinski definition) is 2. The van der Waals surface area contributed by atoms with Crippen molar-refractivity contribution in [1.82, 2.24) is 9.97 Å². The molecule has 0 aromatic carbocycles. The molecule has 0 saturated carbocycles. The van der Waals surface area contributed by atoms with Crippen LogP contribution in [-0.4, -0.2) is 32.7 Å². The Morgan fingerprint density at radius 1 is 0.800 bits per heavy atom. The van der Waals surface area contributed by atoms with Crippen molar-refractivity contribution in [3.8, 4) is 0 Å². The summed E-state index contributed by atoms with van der Waals surface area (Å²) in [7, 11) is 0. The first-order chi connectivity index (χ1) is 11.6. The molecule has 0 aliphatic carbocycles. The van der Waals surface area contributed by atoms with E-state index in [-0.39, 0.29) is 30.8 Å². The molecule has 4 N–H and O–H groups in total. The minimum Gasteiger partial charge on any atom is -0.741 e. The molecule has 0 aliphatic heterocycles. The summed E-state index contributed by atoms with van der Waals surface area (Å²) in [5.74, 6) is 0. The SMILES string of the molecule is N/C([S-])=N/N=C/c1ccccn1.N/C([S-])=N\N=C\c1ccccn1.[Pd+2]. The second-order valence-electron chi connectivity index (χ2n) is 3.87. The van der Waals surface area contributed by atoms with Gasteiger partial charge in [0.25, 0.3) is 0 Å². The van der Waals surface area contributed by atoms with E-state index in [1.807, 2.05) is 24.3 Å². The fourth-order valence-electron chi connectivity index (χ4n) is 1.19. The Morgan fingerprint density at radius 3 is 1.48 bits per heavy atom. The van der Waals surface area contributed by atoms with Crippen molar-refractivity contribution in [3.05, 3.63) is 60.2 Å². The van der Waals surface area contributed by atoms with Crippen molar-refractivity contribution in [2.75, 3.05) is 0 Å². The second-order valence-corrected chi connectivity index (χ2v) is 4.71. The van der Waals surface area contributed by atoms with E-state index in [1.54, 1.807) is 24.5 Å². The Balaban J connectivity index is 0.000000443. The molecular formula is C14H14N8PdS2. The summed E-state index contributed by atoms with van der Waals surface area (Å²) in [6, 6.07) is 11.0. The first-order valence-electron chi connectivity index (χ1n) is 6.47. The smallest absolute Gasteiger partial charge is 0.741 e. The molecule has 2 heterocycles. The zero-order valence-corrected chi connectivity index (χ0v) is 15.9. The van der Waals surface area contributed by atoms with Crippen LogP contribution in [0.2, 0.25) is 0 Å². The quantitative estimate of drug-likeness (QED) is 0.224. The maximum absolute atomic E-state index is 5.09. The molecule has 11 heteroatoms. The Bertz CT molecular complexity index is 649. The third-order valence-electron chi connectivity index (χ3n) is 2.07. The van der Waals surface area contributed by atoms with Crippen LogP contribution >= 0.6 is 0 Å². The summed E-state index contributed by atoms with van der Waals surface area (Å²) in [5, 5.41) is 14.2. The molecule has 8 nitrogen and oxygen atoms in total. The fourth-order valence-corrected chi connectivity index (χ4v) is 1.29. The molecule has 2 rings (SSSR count). The number of rotatable bonds is 4. The van der Waals surface area contributed by atoms with Crippen molar-refractivity contribution in [2.45, 2.75) is 0 Å². The molecule has 2 aromatic rings. The molecule has 0 amide bonds. The van der Waals surface area contributed by atoms with Crippen molar-refractivity contribution in [1.29, 1.82) is 0 Å². The summed E-state index contributed by atoms with van der Waals surface area (Å²) < 4.78 is 0. The molecule has 0 unspecified atom stereocenters. The van der Waals surface area contributed by atoms with Crippen LogP contribution in [0.25, 0.3) is 0 Å². The van der Waals surface area contributed by atoms with Crippen molar-refractivity contribution in [3.63, 3.8) is 0 Å². The van der Waals surface area contributed by atoms with E-state index >= 15 is 0 Å². The topological polar surface area (TPSA) is 127 Å². The van der Waals surface area contributed by atoms with Gasteiger partial charge in [0, 0.05) is 12.4 Å². The van der Waals surface area contributed by atoms with Gasteiger partial charge in [0.05, 0.1) is 23.8 Å². The van der Waals surface area contributed by atoms with Crippen LogP contribution in [-0.2, 0) is 45.7 Å². The number of nitrogens with two attached hydrogens (primary N) is 2. The summed E-state index contributed by atoms with van der Waals surface area (Å²) in [4.78, 5) is 7.96. The summed E-state index contributed by atoms with van der Waals surface area (Å²) in [5.41, 5.74) is 11.6. The third-order valence-corrected chi connectivity index (χ3v) is 2.23. The number of aromatic nitrogens is 2. The largest absolute Gasteiger partial charge is 2.00 e. The van der Waals surface area contributed by atoms with Gasteiger partial charge in [-0.1, -0.05) is 12.1 Å². The molecule has 0 bridgehead atoms. The molecule has 0 aliphatic rings. The standard InChI is InChI=1S/2C7H8N4S.Pd/c2*8-7(12)11-10-5-6-3-1-2-4-9-6;/h2*1-5H,(H3,8,11,12);/q;;+2/p-2/b2*10-5+;. The number of hydrogen-bond acceptors (Lipinski definition) is 8. The van der Waals surface area contributed by atoms with Crippen LogP contribution in [0, 0.1) is 0 Å². The van der Waals surface area contributed by atoms with Gasteiger partial charge in [0.2, 0.25) is 0 Å². The van der Waals surface area contributed by atoms with E-state index in [1.165, 1.54) is 12.4 Å². The van der Waals surface area contributed by atoms with Gasteiger partial charge < -0.3 is 36.7 Å². The van der Waals surface area contributed by atoms with Crippen molar-refractivity contribution < 1.29 is 20.4 Å². The third kappa shape index (κ3) is 12.7. The van der Waals surface area contributed by atoms with Crippen LogP contribution in [0.1, 0.15) is 11.4 Å². The average Bonchev–Trinajstić information content (AvgIpc) is 2.57. The van der Waals surface area contributed by atoms with Gasteiger partial charge in [-0.2, -0.15) is 20.4 Å². The molecular weight excluding hydrogens is 451 g/mol. The maximum atomic E-state index is 5.09. The zero-order valence-electron chi connectivity index (χ0n) is 12.7. The molecule has 0 saturated heterocycles. The van der Waals surface area contributed by atoms with E-state index in [0.717, 1.165) is 11.4 Å². The van der Waals surface area contributed by atoms with Crippen LogP contribution < -0.4 is 11.5 Å². The second kappa shape index (κ2) is 14.1. The van der Waals surface area contributed by atoms with Crippen LogP contribution in [0.4, 0.5) is 0 Å². The van der Waals surface area contributed by atoms with Gasteiger partial charge in [-0.3, -0.25) is 9.97 Å². The monoisotopic (exact) mass is 464 g/mol. The Kier molecular flexibility index (Phi) is 12.8. The van der Waals surface area contributed by atoms with Crippen LogP contribution in [0.3, 0.4) is 0 Å². The number of pyridine rings is 2. The molecule has 25 heavy (non-hydrogen) atoms. The minimum atomic E-state index is 0. The maximum Gasteiger partial charge on any atom is 2.00 e. The Labute approximate surface area is 170 Å². The predicted octanol–water partition coefficient (Wildman–Crippen LogP) is 0.552. The molecule has 2 aromatic heterocycles. The van der Waals surface area contributed by atoms with E-state index in [2.05, 4.69) is 55.6 Å². The number of nitrogens with zero attached hydrogens (tertiary/aromatic N) is 6. The average molecular weight is 465 g/mol. The molecule has 0 atom stereocenters. The first kappa shape index (κ1) is 22.7. The van der Waals surface area contributed by atoms with E-state index < -0.39 is 0 Å². The van der Waals surface area contributed by atoms with Gasteiger partial charge in [0.1, 0.15) is 0 Å². The first-order valence-corrected chi connectivity index (χ1v) is 7.28. The van der Waals surface area contributed by atoms with Gasteiger partial charge >= 0.3 is 20.4 Å². The normalized spacial score (nSPS) is 11.7. The zero-order chi connectivity index (χ0) is 17.6. The molecule has 0 fully saturated rings. The molecule has 0 spiro atoms. The fraction of sp³-hybridized carbons (Fsp3) is 0. The summed E-state index contributed by atoms with van der Waals surface area (Å²) in [6.45, 7) is 0. The van der Waals surface area contributed by atoms with Crippen molar-refractivity contribution >= 4 is 48.0 Å². The number of amidine groups is 2. The van der Waals surface area contributed by atoms with E-state index in [0.29, 0.717) is 0 Å². The van der Waals surface area contributed by atoms with Crippen LogP contribution in [0.15, 0.2) is 69.2 Å². The molecule has 0 radical (unpaired) electrons. The Morgan fingerprint density at radius 2 is 1.20 bits per heavy atom. The van der Waals surface area contributed by atoms with Gasteiger partial charge in [-0.25, -0.2) is 0 Å². The van der Waals surface area contributed by atoms with Gasteiger partial charge in [-0.05, 0) is 34.6 Å². The van der Waals surface area contributed by atoms with Gasteiger partial charge in [0.15, 0.2) is 0 Å². The Hall–Kier alpha value is -2.32. The minimum absolute atomic E-state index is 0.